The average Bonchev–Trinajstić information content (AvgIpc) is 3.16. The third-order valence-electron chi connectivity index (χ3n) is 5.32. The van der Waals surface area contributed by atoms with Crippen LogP contribution in [0.4, 0.5) is 5.69 Å². The molecule has 1 aliphatic rings. The van der Waals surface area contributed by atoms with Gasteiger partial charge in [-0.25, -0.2) is 8.42 Å². The van der Waals surface area contributed by atoms with Gasteiger partial charge >= 0.3 is 5.97 Å². The van der Waals surface area contributed by atoms with Gasteiger partial charge in [0.1, 0.15) is 6.04 Å². The van der Waals surface area contributed by atoms with Gasteiger partial charge in [0, 0.05) is 24.7 Å². The smallest absolute Gasteiger partial charge is 0.324 e. The van der Waals surface area contributed by atoms with Crippen molar-refractivity contribution in [3.05, 3.63) is 59.2 Å². The lowest BCUT2D eigenvalue weighted by Gasteiger charge is -2.18. The van der Waals surface area contributed by atoms with Crippen LogP contribution in [0.2, 0.25) is 0 Å². The third kappa shape index (κ3) is 5.05. The fourth-order valence-corrected chi connectivity index (χ4v) is 4.71. The fraction of sp³-hybridized carbons (Fsp3) is 0.348. The van der Waals surface area contributed by atoms with Crippen molar-refractivity contribution in [1.82, 2.24) is 4.72 Å². The molecular weight excluding hydrogens is 432 g/mol. The van der Waals surface area contributed by atoms with Gasteiger partial charge in [-0.3, -0.25) is 14.4 Å². The molecule has 3 rings (SSSR count). The maximum atomic E-state index is 12.8. The molecular formula is C23H26N2O6S. The van der Waals surface area contributed by atoms with Crippen LogP contribution in [0.3, 0.4) is 0 Å². The van der Waals surface area contributed by atoms with Crippen molar-refractivity contribution in [3.8, 4) is 0 Å². The molecule has 1 unspecified atom stereocenters. The Morgan fingerprint density at radius 1 is 1.06 bits per heavy atom. The van der Waals surface area contributed by atoms with Crippen LogP contribution in [0.25, 0.3) is 0 Å². The second-order valence-corrected chi connectivity index (χ2v) is 9.58. The number of aryl methyl sites for hydroxylation is 1. The van der Waals surface area contributed by atoms with Crippen molar-refractivity contribution in [1.29, 1.82) is 0 Å². The Morgan fingerprint density at radius 2 is 1.72 bits per heavy atom. The maximum absolute atomic E-state index is 12.8. The Hall–Kier alpha value is -3.04. The van der Waals surface area contributed by atoms with E-state index in [-0.39, 0.29) is 10.8 Å². The van der Waals surface area contributed by atoms with E-state index in [9.17, 15) is 22.8 Å². The molecule has 0 aliphatic carbocycles. The zero-order valence-corrected chi connectivity index (χ0v) is 19.2. The van der Waals surface area contributed by atoms with Crippen LogP contribution in [-0.2, 0) is 30.8 Å². The number of ketones is 1. The van der Waals surface area contributed by atoms with E-state index in [0.717, 1.165) is 16.8 Å². The van der Waals surface area contributed by atoms with Gasteiger partial charge in [-0.05, 0) is 63.1 Å². The number of hydrogen-bond donors (Lipinski definition) is 1. The summed E-state index contributed by atoms with van der Waals surface area (Å²) in [5, 5.41) is 0. The van der Waals surface area contributed by atoms with E-state index in [2.05, 4.69) is 4.72 Å². The van der Waals surface area contributed by atoms with Gasteiger partial charge in [-0.2, -0.15) is 4.72 Å². The summed E-state index contributed by atoms with van der Waals surface area (Å²) in [4.78, 5) is 38.5. The first-order valence-electron chi connectivity index (χ1n) is 10.2. The highest BCUT2D eigenvalue weighted by Crippen LogP contribution is 2.29. The predicted molar refractivity (Wildman–Crippen MR) is 119 cm³/mol. The molecule has 32 heavy (non-hydrogen) atoms. The summed E-state index contributed by atoms with van der Waals surface area (Å²) in [6.07, 6.45) is -0.459. The summed E-state index contributed by atoms with van der Waals surface area (Å²) in [6, 6.07) is 10.0. The number of benzene rings is 2. The number of ether oxygens (including phenoxy) is 1. The summed E-state index contributed by atoms with van der Waals surface area (Å²) in [5.41, 5.74) is 2.92. The van der Waals surface area contributed by atoms with Gasteiger partial charge in [0.2, 0.25) is 21.7 Å². The molecule has 2 aromatic carbocycles. The van der Waals surface area contributed by atoms with Crippen molar-refractivity contribution < 1.29 is 27.5 Å². The SMILES string of the molecule is CC(=O)N1CCc2cc(C(=O)C(C)OC(=O)[C@H](C)NS(=O)(=O)c3ccc(C)cc3)ccc21. The Morgan fingerprint density at radius 3 is 2.34 bits per heavy atom. The number of fused-ring (bicyclic) bond motifs is 1. The standard InChI is InChI=1S/C23H26N2O6S/c1-14-5-8-20(9-6-14)32(29,30)24-15(2)23(28)31-16(3)22(27)19-7-10-21-18(13-19)11-12-25(21)17(4)26/h5-10,13,15-16,24H,11-12H2,1-4H3/t15-,16?/m0/s1. The third-order valence-corrected chi connectivity index (χ3v) is 6.88. The van der Waals surface area contributed by atoms with Crippen LogP contribution in [0.5, 0.6) is 0 Å². The van der Waals surface area contributed by atoms with Crippen molar-refractivity contribution in [2.45, 2.75) is 51.2 Å². The van der Waals surface area contributed by atoms with E-state index >= 15 is 0 Å². The number of nitrogens with one attached hydrogen (secondary N) is 1. The summed E-state index contributed by atoms with van der Waals surface area (Å²) in [7, 11) is -3.92. The fourth-order valence-electron chi connectivity index (χ4n) is 3.51. The number of amides is 1. The van der Waals surface area contributed by atoms with Gasteiger partial charge in [0.25, 0.3) is 0 Å². The summed E-state index contributed by atoms with van der Waals surface area (Å²) in [6.45, 7) is 6.69. The number of anilines is 1. The Bertz CT molecular complexity index is 1160. The zero-order chi connectivity index (χ0) is 23.6. The van der Waals surface area contributed by atoms with E-state index in [1.165, 1.54) is 32.9 Å². The molecule has 1 aliphatic heterocycles. The normalized spacial score (nSPS) is 15.1. The molecule has 0 saturated carbocycles. The minimum atomic E-state index is -3.92. The quantitative estimate of drug-likeness (QED) is 0.504. The number of nitrogens with zero attached hydrogens (tertiary/aromatic N) is 1. The molecule has 1 N–H and O–H groups in total. The van der Waals surface area contributed by atoms with Crippen molar-refractivity contribution in [3.63, 3.8) is 0 Å². The van der Waals surface area contributed by atoms with Crippen molar-refractivity contribution in [2.24, 2.45) is 0 Å². The van der Waals surface area contributed by atoms with Gasteiger partial charge < -0.3 is 9.64 Å². The topological polar surface area (TPSA) is 110 Å². The number of carbonyl (C=O) groups excluding carboxylic acids is 3. The summed E-state index contributed by atoms with van der Waals surface area (Å²) < 4.78 is 32.4. The number of esters is 1. The highest BCUT2D eigenvalue weighted by Gasteiger charge is 2.28. The van der Waals surface area contributed by atoms with Crippen LogP contribution in [-0.4, -0.2) is 44.8 Å². The van der Waals surface area contributed by atoms with E-state index < -0.39 is 33.9 Å². The molecule has 2 aromatic rings. The first-order valence-corrected chi connectivity index (χ1v) is 11.7. The Kier molecular flexibility index (Phi) is 6.80. The highest BCUT2D eigenvalue weighted by molar-refractivity contribution is 7.89. The second-order valence-electron chi connectivity index (χ2n) is 7.86. The lowest BCUT2D eigenvalue weighted by atomic mass is 10.0. The van der Waals surface area contributed by atoms with Gasteiger partial charge in [0.05, 0.1) is 4.90 Å². The molecule has 0 aromatic heterocycles. The van der Waals surface area contributed by atoms with Gasteiger partial charge in [-0.15, -0.1) is 0 Å². The van der Waals surface area contributed by atoms with Crippen LogP contribution in [0.1, 0.15) is 42.3 Å². The first kappa shape index (κ1) is 23.6. The first-order chi connectivity index (χ1) is 15.0. The average molecular weight is 459 g/mol. The van der Waals surface area contributed by atoms with E-state index in [0.29, 0.717) is 18.5 Å². The predicted octanol–water partition coefficient (Wildman–Crippen LogP) is 2.39. The molecule has 8 nitrogen and oxygen atoms in total. The lowest BCUT2D eigenvalue weighted by molar-refractivity contribution is -0.147. The van der Waals surface area contributed by atoms with Gasteiger partial charge in [0.15, 0.2) is 6.10 Å². The molecule has 0 saturated heterocycles. The molecule has 2 atom stereocenters. The van der Waals surface area contributed by atoms with Crippen LogP contribution in [0, 0.1) is 6.92 Å². The summed E-state index contributed by atoms with van der Waals surface area (Å²) >= 11 is 0. The van der Waals surface area contributed by atoms with E-state index in [1.807, 2.05) is 6.92 Å². The minimum absolute atomic E-state index is 0.0321. The van der Waals surface area contributed by atoms with E-state index in [4.69, 9.17) is 4.74 Å². The highest BCUT2D eigenvalue weighted by atomic mass is 32.2. The minimum Gasteiger partial charge on any atom is -0.453 e. The van der Waals surface area contributed by atoms with Crippen LogP contribution in [0.15, 0.2) is 47.4 Å². The summed E-state index contributed by atoms with van der Waals surface area (Å²) in [5.74, 6) is -1.33. The van der Waals surface area contributed by atoms with E-state index in [1.54, 1.807) is 35.2 Å². The van der Waals surface area contributed by atoms with Crippen LogP contribution < -0.4 is 9.62 Å². The second kappa shape index (κ2) is 9.22. The molecule has 0 radical (unpaired) electrons. The Balaban J connectivity index is 1.64. The molecule has 170 valence electrons. The number of rotatable bonds is 7. The molecule has 1 amide bonds. The monoisotopic (exact) mass is 458 g/mol. The number of hydrogen-bond acceptors (Lipinski definition) is 6. The molecule has 0 fully saturated rings. The lowest BCUT2D eigenvalue weighted by Crippen LogP contribution is -2.41. The molecule has 1 heterocycles. The van der Waals surface area contributed by atoms with Crippen LogP contribution >= 0.6 is 0 Å². The van der Waals surface area contributed by atoms with Gasteiger partial charge in [-0.1, -0.05) is 17.7 Å². The number of carbonyl (C=O) groups is 3. The number of sulfonamides is 1. The Labute approximate surface area is 187 Å². The van der Waals surface area contributed by atoms with Crippen molar-refractivity contribution in [2.75, 3.05) is 11.4 Å². The van der Waals surface area contributed by atoms with Crippen molar-refractivity contribution >= 4 is 33.4 Å². The molecule has 9 heteroatoms. The molecule has 0 bridgehead atoms. The largest absolute Gasteiger partial charge is 0.453 e. The molecule has 0 spiro atoms. The number of Topliss-reactive ketones (excluding diaryl/α,β-unsaturated/α-hetero) is 1. The maximum Gasteiger partial charge on any atom is 0.324 e. The zero-order valence-electron chi connectivity index (χ0n) is 18.4.